The monoisotopic (exact) mass is 443 g/mol. The molecule has 20 heavy (non-hydrogen) atoms. The molecule has 0 atom stereocenters. The first-order valence-electron chi connectivity index (χ1n) is 5.90. The molecule has 0 aliphatic rings. The maximum atomic E-state index is 8.44. The Hall–Kier alpha value is -1.77. The Morgan fingerprint density at radius 3 is 2.30 bits per heavy atom. The second-order valence-electron chi connectivity index (χ2n) is 3.96. The van der Waals surface area contributed by atoms with Gasteiger partial charge >= 0.3 is 20.1 Å². The van der Waals surface area contributed by atoms with Gasteiger partial charge in [0.2, 0.25) is 0 Å². The Labute approximate surface area is 133 Å². The number of allylic oxidation sites excluding steroid dienone is 2. The van der Waals surface area contributed by atoms with Crippen molar-refractivity contribution >= 4 is 5.71 Å². The van der Waals surface area contributed by atoms with Crippen LogP contribution in [-0.4, -0.2) is 10.7 Å². The second-order valence-corrected chi connectivity index (χ2v) is 3.96. The molecule has 2 aromatic rings. The van der Waals surface area contributed by atoms with Gasteiger partial charge in [-0.25, -0.2) is 0 Å². The molecule has 1 aromatic carbocycles. The molecular weight excluding hydrogens is 426 g/mol. The van der Waals surface area contributed by atoms with E-state index in [2.05, 4.69) is 11.1 Å². The summed E-state index contributed by atoms with van der Waals surface area (Å²) >= 11 is 0. The van der Waals surface area contributed by atoms with Crippen LogP contribution in [-0.2, 0) is 20.1 Å². The smallest absolute Gasteiger partial charge is 0.808 e. The Balaban J connectivity index is 0.000000396. The molecule has 0 saturated carbocycles. The standard InChI is InChI=1S/C11H8N.C5H8N2.Ir/c1-2-6-10(7-3-1)11-8-4-5-9-12-11;1-4(6)3-5(2)7;/h1-6,8-9H;3,6H,1-2H3;/q-1;-2;+3/b;4-3-;. The van der Waals surface area contributed by atoms with Gasteiger partial charge in [-0.15, -0.1) is 42.0 Å². The first-order chi connectivity index (χ1) is 9.09. The Bertz CT molecular complexity index is 495. The third-order valence-electron chi connectivity index (χ3n) is 2.08. The van der Waals surface area contributed by atoms with Gasteiger partial charge in [-0.05, 0) is 11.8 Å². The first-order valence-corrected chi connectivity index (χ1v) is 5.90. The minimum atomic E-state index is 0. The van der Waals surface area contributed by atoms with Gasteiger partial charge in [-0.3, -0.25) is 0 Å². The van der Waals surface area contributed by atoms with Crippen LogP contribution in [0.1, 0.15) is 13.8 Å². The van der Waals surface area contributed by atoms with Crippen molar-refractivity contribution in [3.63, 3.8) is 0 Å². The number of benzene rings is 1. The molecule has 3 nitrogen and oxygen atoms in total. The zero-order valence-electron chi connectivity index (χ0n) is 11.4. The predicted octanol–water partition coefficient (Wildman–Crippen LogP) is 4.52. The summed E-state index contributed by atoms with van der Waals surface area (Å²) in [6.45, 7) is 3.15. The summed E-state index contributed by atoms with van der Waals surface area (Å²) in [4.78, 5) is 4.22. The fraction of sp³-hybridized carbons (Fsp3) is 0.125. The SMILES string of the molecule is CC(=[N-])/C=C(/C)[NH-].[Ir+3].[c-]1ccccc1-c1ccccn1. The zero-order chi connectivity index (χ0) is 14.1. The molecule has 4 heteroatoms. The number of hydrogen-bond donors (Lipinski definition) is 0. The van der Waals surface area contributed by atoms with Crippen molar-refractivity contribution in [3.8, 4) is 11.3 Å². The summed E-state index contributed by atoms with van der Waals surface area (Å²) in [7, 11) is 0. The van der Waals surface area contributed by atoms with Crippen LogP contribution < -0.4 is 0 Å². The molecular formula is C16H16IrN3. The van der Waals surface area contributed by atoms with E-state index in [0.717, 1.165) is 11.3 Å². The summed E-state index contributed by atoms with van der Waals surface area (Å²) in [6, 6.07) is 16.8. The molecule has 0 fully saturated rings. The van der Waals surface area contributed by atoms with E-state index in [1.54, 1.807) is 13.1 Å². The number of nitrogens with one attached hydrogen (secondary N) is 1. The molecule has 0 bridgehead atoms. The van der Waals surface area contributed by atoms with Crippen LogP contribution in [0.3, 0.4) is 0 Å². The Morgan fingerprint density at radius 1 is 1.20 bits per heavy atom. The maximum Gasteiger partial charge on any atom is 3.00 e. The van der Waals surface area contributed by atoms with Crippen molar-refractivity contribution in [1.29, 1.82) is 0 Å². The summed E-state index contributed by atoms with van der Waals surface area (Å²) < 4.78 is 0. The van der Waals surface area contributed by atoms with Crippen molar-refractivity contribution in [2.45, 2.75) is 13.8 Å². The topological polar surface area (TPSA) is 59.0 Å². The molecule has 0 saturated heterocycles. The van der Waals surface area contributed by atoms with Crippen molar-refractivity contribution in [2.24, 2.45) is 0 Å². The van der Waals surface area contributed by atoms with Crippen LogP contribution in [0.2, 0.25) is 0 Å². The molecule has 0 amide bonds. The molecule has 104 valence electrons. The number of hydrogen-bond acceptors (Lipinski definition) is 1. The van der Waals surface area contributed by atoms with Crippen LogP contribution in [0.15, 0.2) is 60.4 Å². The zero-order valence-corrected chi connectivity index (χ0v) is 13.8. The van der Waals surface area contributed by atoms with E-state index in [-0.39, 0.29) is 25.8 Å². The Kier molecular flexibility index (Phi) is 9.18. The van der Waals surface area contributed by atoms with Crippen molar-refractivity contribution < 1.29 is 20.1 Å². The van der Waals surface area contributed by atoms with Crippen LogP contribution in [0.4, 0.5) is 0 Å². The van der Waals surface area contributed by atoms with Crippen molar-refractivity contribution in [1.82, 2.24) is 4.98 Å². The van der Waals surface area contributed by atoms with E-state index < -0.39 is 0 Å². The second kappa shape index (κ2) is 10.1. The molecule has 1 N–H and O–H groups in total. The molecule has 0 unspecified atom stereocenters. The van der Waals surface area contributed by atoms with Gasteiger partial charge in [-0.1, -0.05) is 26.0 Å². The minimum Gasteiger partial charge on any atom is -0.808 e. The van der Waals surface area contributed by atoms with E-state index in [4.69, 9.17) is 11.1 Å². The molecule has 2 rings (SSSR count). The Morgan fingerprint density at radius 2 is 1.90 bits per heavy atom. The number of nitrogens with zero attached hydrogens (tertiary/aromatic N) is 2. The average Bonchev–Trinajstić information content (AvgIpc) is 2.40. The quantitative estimate of drug-likeness (QED) is 0.498. The van der Waals surface area contributed by atoms with Gasteiger partial charge in [0.05, 0.1) is 0 Å². The van der Waals surface area contributed by atoms with Gasteiger partial charge in [-0.2, -0.15) is 11.4 Å². The molecule has 0 aliphatic carbocycles. The molecule has 0 spiro atoms. The van der Waals surface area contributed by atoms with E-state index in [9.17, 15) is 0 Å². The van der Waals surface area contributed by atoms with Gasteiger partial charge in [0, 0.05) is 6.20 Å². The van der Waals surface area contributed by atoms with Crippen LogP contribution in [0.25, 0.3) is 22.4 Å². The van der Waals surface area contributed by atoms with Gasteiger partial charge < -0.3 is 16.1 Å². The fourth-order valence-corrected chi connectivity index (χ4v) is 1.39. The summed E-state index contributed by atoms with van der Waals surface area (Å²) in [6.07, 6.45) is 3.18. The number of rotatable bonds is 2. The summed E-state index contributed by atoms with van der Waals surface area (Å²) in [5.74, 6) is 0. The van der Waals surface area contributed by atoms with Crippen LogP contribution in [0.5, 0.6) is 0 Å². The van der Waals surface area contributed by atoms with Gasteiger partial charge in [0.25, 0.3) is 0 Å². The van der Waals surface area contributed by atoms with Gasteiger partial charge in [0.15, 0.2) is 0 Å². The molecule has 1 heterocycles. The van der Waals surface area contributed by atoms with Crippen molar-refractivity contribution in [3.05, 3.63) is 77.6 Å². The minimum absolute atomic E-state index is 0. The third-order valence-corrected chi connectivity index (χ3v) is 2.08. The van der Waals surface area contributed by atoms with E-state index in [1.807, 2.05) is 42.5 Å². The normalized spacial score (nSPS) is 9.80. The molecule has 1 aromatic heterocycles. The average molecular weight is 443 g/mol. The maximum absolute atomic E-state index is 8.44. The van der Waals surface area contributed by atoms with Crippen LogP contribution >= 0.6 is 0 Å². The van der Waals surface area contributed by atoms with E-state index >= 15 is 0 Å². The van der Waals surface area contributed by atoms with Crippen LogP contribution in [0, 0.1) is 6.07 Å². The largest absolute Gasteiger partial charge is 3.00 e. The summed E-state index contributed by atoms with van der Waals surface area (Å²) in [5, 5.41) is 8.44. The first kappa shape index (κ1) is 18.2. The fourth-order valence-electron chi connectivity index (χ4n) is 1.39. The molecule has 0 aliphatic heterocycles. The van der Waals surface area contributed by atoms with E-state index in [0.29, 0.717) is 5.70 Å². The summed E-state index contributed by atoms with van der Waals surface area (Å²) in [5.41, 5.74) is 9.36. The number of pyridine rings is 1. The third kappa shape index (κ3) is 7.62. The predicted molar refractivity (Wildman–Crippen MR) is 80.6 cm³/mol. The van der Waals surface area contributed by atoms with Crippen molar-refractivity contribution in [2.75, 3.05) is 0 Å². The van der Waals surface area contributed by atoms with E-state index in [1.165, 1.54) is 13.0 Å². The number of aromatic nitrogens is 1. The molecule has 0 radical (unpaired) electrons. The van der Waals surface area contributed by atoms with Gasteiger partial charge in [0.1, 0.15) is 0 Å².